The molecule has 0 aliphatic heterocycles. The van der Waals surface area contributed by atoms with Gasteiger partial charge in [-0.05, 0) is 40.2 Å². The molecular formula is C16H25NO2. The summed E-state index contributed by atoms with van der Waals surface area (Å²) in [7, 11) is 0. The van der Waals surface area contributed by atoms with Crippen molar-refractivity contribution in [3.8, 4) is 0 Å². The second kappa shape index (κ2) is 7.29. The highest BCUT2D eigenvalue weighted by Crippen LogP contribution is 2.13. The maximum Gasteiger partial charge on any atom is 0.320 e. The third kappa shape index (κ3) is 5.43. The van der Waals surface area contributed by atoms with Gasteiger partial charge in [-0.3, -0.25) is 9.69 Å². The van der Waals surface area contributed by atoms with Gasteiger partial charge in [-0.2, -0.15) is 0 Å². The first-order valence-electron chi connectivity index (χ1n) is 6.89. The fraction of sp³-hybridized carbons (Fsp3) is 0.562. The van der Waals surface area contributed by atoms with E-state index in [0.717, 1.165) is 6.54 Å². The summed E-state index contributed by atoms with van der Waals surface area (Å²) in [6, 6.07) is 6.82. The molecule has 0 fully saturated rings. The van der Waals surface area contributed by atoms with Crippen LogP contribution in [-0.4, -0.2) is 30.1 Å². The fourth-order valence-corrected chi connectivity index (χ4v) is 2.19. The van der Waals surface area contributed by atoms with Crippen molar-refractivity contribution in [2.75, 3.05) is 13.2 Å². The Bertz CT molecular complexity index is 407. The Kier molecular flexibility index (Phi) is 6.03. The van der Waals surface area contributed by atoms with E-state index in [9.17, 15) is 4.79 Å². The molecule has 0 amide bonds. The number of benzene rings is 1. The lowest BCUT2D eigenvalue weighted by Gasteiger charge is -2.25. The maximum absolute atomic E-state index is 11.6. The van der Waals surface area contributed by atoms with Crippen molar-refractivity contribution in [3.05, 3.63) is 34.9 Å². The molecule has 0 saturated heterocycles. The molecule has 19 heavy (non-hydrogen) atoms. The van der Waals surface area contributed by atoms with Gasteiger partial charge < -0.3 is 4.74 Å². The molecule has 1 rings (SSSR count). The first-order valence-corrected chi connectivity index (χ1v) is 6.89. The molecule has 106 valence electrons. The second-order valence-electron chi connectivity index (χ2n) is 5.30. The minimum atomic E-state index is -0.152. The highest BCUT2D eigenvalue weighted by atomic mass is 16.5. The molecule has 0 saturated carbocycles. The number of carbonyl (C=O) groups excluding carboxylic acids is 1. The van der Waals surface area contributed by atoms with E-state index in [1.54, 1.807) is 0 Å². The normalized spacial score (nSPS) is 11.1. The molecule has 3 heteroatoms. The topological polar surface area (TPSA) is 29.5 Å². The lowest BCUT2D eigenvalue weighted by atomic mass is 10.1. The van der Waals surface area contributed by atoms with Gasteiger partial charge in [0.25, 0.3) is 0 Å². The van der Waals surface area contributed by atoms with E-state index in [4.69, 9.17) is 4.74 Å². The first kappa shape index (κ1) is 15.7. The van der Waals surface area contributed by atoms with Crippen LogP contribution in [0.5, 0.6) is 0 Å². The van der Waals surface area contributed by atoms with Crippen LogP contribution in [-0.2, 0) is 16.1 Å². The van der Waals surface area contributed by atoms with E-state index in [1.165, 1.54) is 16.7 Å². The highest BCUT2D eigenvalue weighted by molar-refractivity contribution is 5.71. The van der Waals surface area contributed by atoms with Crippen molar-refractivity contribution in [1.29, 1.82) is 0 Å². The summed E-state index contributed by atoms with van der Waals surface area (Å²) >= 11 is 0. The summed E-state index contributed by atoms with van der Waals surface area (Å²) < 4.78 is 5.03. The van der Waals surface area contributed by atoms with Crippen molar-refractivity contribution in [2.24, 2.45) is 0 Å². The number of hydrogen-bond donors (Lipinski definition) is 0. The number of ether oxygens (including phenoxy) is 1. The average molecular weight is 263 g/mol. The van der Waals surface area contributed by atoms with E-state index in [1.807, 2.05) is 6.92 Å². The van der Waals surface area contributed by atoms with E-state index in [-0.39, 0.29) is 5.97 Å². The van der Waals surface area contributed by atoms with Crippen molar-refractivity contribution < 1.29 is 9.53 Å². The molecule has 0 aromatic heterocycles. The predicted octanol–water partition coefficient (Wildman–Crippen LogP) is 3.08. The number of carbonyl (C=O) groups is 1. The van der Waals surface area contributed by atoms with Crippen molar-refractivity contribution in [3.63, 3.8) is 0 Å². The minimum absolute atomic E-state index is 0.152. The molecule has 0 N–H and O–H groups in total. The van der Waals surface area contributed by atoms with Crippen LogP contribution in [0, 0.1) is 13.8 Å². The Morgan fingerprint density at radius 3 is 2.26 bits per heavy atom. The fourth-order valence-electron chi connectivity index (χ4n) is 2.19. The first-order chi connectivity index (χ1) is 8.92. The maximum atomic E-state index is 11.6. The third-order valence-corrected chi connectivity index (χ3v) is 3.03. The van der Waals surface area contributed by atoms with Crippen LogP contribution in [0.15, 0.2) is 18.2 Å². The molecule has 0 radical (unpaired) electrons. The summed E-state index contributed by atoms with van der Waals surface area (Å²) in [5.41, 5.74) is 3.76. The molecule has 0 spiro atoms. The van der Waals surface area contributed by atoms with Crippen LogP contribution < -0.4 is 0 Å². The van der Waals surface area contributed by atoms with Crippen LogP contribution in [0.1, 0.15) is 37.5 Å². The predicted molar refractivity (Wildman–Crippen MR) is 78.1 cm³/mol. The SMILES string of the molecule is CCOC(=O)CN(Cc1cc(C)cc(C)c1)C(C)C. The number of aryl methyl sites for hydroxylation is 2. The van der Waals surface area contributed by atoms with Crippen LogP contribution in [0.3, 0.4) is 0 Å². The number of hydrogen-bond acceptors (Lipinski definition) is 3. The van der Waals surface area contributed by atoms with Gasteiger partial charge in [0.15, 0.2) is 0 Å². The highest BCUT2D eigenvalue weighted by Gasteiger charge is 2.15. The Hall–Kier alpha value is -1.35. The molecular weight excluding hydrogens is 238 g/mol. The number of rotatable bonds is 6. The van der Waals surface area contributed by atoms with Crippen LogP contribution in [0.25, 0.3) is 0 Å². The second-order valence-corrected chi connectivity index (χ2v) is 5.30. The van der Waals surface area contributed by atoms with Crippen molar-refractivity contribution in [1.82, 2.24) is 4.90 Å². The van der Waals surface area contributed by atoms with Gasteiger partial charge >= 0.3 is 5.97 Å². The zero-order valence-electron chi connectivity index (χ0n) is 12.7. The summed E-state index contributed by atoms with van der Waals surface area (Å²) in [5, 5.41) is 0. The Balaban J connectivity index is 2.75. The zero-order valence-corrected chi connectivity index (χ0v) is 12.7. The van der Waals surface area contributed by atoms with Gasteiger partial charge in [-0.1, -0.05) is 29.3 Å². The lowest BCUT2D eigenvalue weighted by molar-refractivity contribution is -0.145. The van der Waals surface area contributed by atoms with Crippen molar-refractivity contribution in [2.45, 2.75) is 47.2 Å². The Labute approximate surface area is 116 Å². The minimum Gasteiger partial charge on any atom is -0.465 e. The number of esters is 1. The average Bonchev–Trinajstić information content (AvgIpc) is 2.26. The van der Waals surface area contributed by atoms with Gasteiger partial charge in [0.1, 0.15) is 0 Å². The van der Waals surface area contributed by atoms with Gasteiger partial charge in [0, 0.05) is 12.6 Å². The summed E-state index contributed by atoms with van der Waals surface area (Å²) in [4.78, 5) is 13.7. The molecule has 0 aliphatic rings. The smallest absolute Gasteiger partial charge is 0.320 e. The summed E-state index contributed by atoms with van der Waals surface area (Å²) in [5.74, 6) is -0.152. The van der Waals surface area contributed by atoms with E-state index >= 15 is 0 Å². The Morgan fingerprint density at radius 2 is 1.79 bits per heavy atom. The molecule has 1 aromatic rings. The van der Waals surface area contributed by atoms with Gasteiger partial charge in [0.05, 0.1) is 13.2 Å². The molecule has 0 heterocycles. The molecule has 0 atom stereocenters. The van der Waals surface area contributed by atoms with Gasteiger partial charge in [0.2, 0.25) is 0 Å². The van der Waals surface area contributed by atoms with Crippen molar-refractivity contribution >= 4 is 5.97 Å². The molecule has 3 nitrogen and oxygen atoms in total. The van der Waals surface area contributed by atoms with Crippen LogP contribution >= 0.6 is 0 Å². The summed E-state index contributed by atoms with van der Waals surface area (Å²) in [6.45, 7) is 11.8. The molecule has 0 aliphatic carbocycles. The van der Waals surface area contributed by atoms with E-state index in [0.29, 0.717) is 19.2 Å². The summed E-state index contributed by atoms with van der Waals surface area (Å²) in [6.07, 6.45) is 0. The largest absolute Gasteiger partial charge is 0.465 e. The van der Waals surface area contributed by atoms with Crippen LogP contribution in [0.2, 0.25) is 0 Å². The lowest BCUT2D eigenvalue weighted by Crippen LogP contribution is -2.36. The third-order valence-electron chi connectivity index (χ3n) is 3.03. The van der Waals surface area contributed by atoms with E-state index in [2.05, 4.69) is 50.8 Å². The van der Waals surface area contributed by atoms with Gasteiger partial charge in [-0.25, -0.2) is 0 Å². The number of nitrogens with zero attached hydrogens (tertiary/aromatic N) is 1. The monoisotopic (exact) mass is 263 g/mol. The van der Waals surface area contributed by atoms with Crippen LogP contribution in [0.4, 0.5) is 0 Å². The molecule has 0 unspecified atom stereocenters. The standard InChI is InChI=1S/C16H25NO2/c1-6-19-16(18)11-17(12(2)3)10-15-8-13(4)7-14(5)9-15/h7-9,12H,6,10-11H2,1-5H3. The van der Waals surface area contributed by atoms with Gasteiger partial charge in [-0.15, -0.1) is 0 Å². The quantitative estimate of drug-likeness (QED) is 0.739. The molecule has 1 aromatic carbocycles. The Morgan fingerprint density at radius 1 is 1.21 bits per heavy atom. The molecule has 0 bridgehead atoms. The van der Waals surface area contributed by atoms with E-state index < -0.39 is 0 Å². The zero-order chi connectivity index (χ0) is 14.4.